The first-order valence-corrected chi connectivity index (χ1v) is 9.55. The molecule has 0 saturated carbocycles. The van der Waals surface area contributed by atoms with Crippen LogP contribution in [0.1, 0.15) is 35.7 Å². The van der Waals surface area contributed by atoms with E-state index in [1.807, 2.05) is 30.5 Å². The van der Waals surface area contributed by atoms with Gasteiger partial charge in [-0.3, -0.25) is 4.79 Å². The van der Waals surface area contributed by atoms with Crippen LogP contribution in [0.25, 0.3) is 0 Å². The van der Waals surface area contributed by atoms with Gasteiger partial charge in [0.15, 0.2) is 0 Å². The molecule has 1 aliphatic heterocycles. The van der Waals surface area contributed by atoms with E-state index in [2.05, 4.69) is 22.1 Å². The first-order chi connectivity index (χ1) is 13.3. The van der Waals surface area contributed by atoms with Crippen LogP contribution in [0.15, 0.2) is 42.6 Å². The van der Waals surface area contributed by atoms with E-state index in [9.17, 15) is 4.79 Å². The van der Waals surface area contributed by atoms with Crippen molar-refractivity contribution < 1.29 is 14.3 Å². The lowest BCUT2D eigenvalue weighted by Gasteiger charge is -2.27. The van der Waals surface area contributed by atoms with Gasteiger partial charge in [0, 0.05) is 31.4 Å². The van der Waals surface area contributed by atoms with Gasteiger partial charge >= 0.3 is 0 Å². The molecule has 1 aliphatic rings. The van der Waals surface area contributed by atoms with Crippen molar-refractivity contribution in [2.75, 3.05) is 37.8 Å². The minimum absolute atomic E-state index is 0.104. The van der Waals surface area contributed by atoms with Crippen LogP contribution in [-0.2, 0) is 11.3 Å². The summed E-state index contributed by atoms with van der Waals surface area (Å²) in [5.74, 6) is 1.64. The summed E-state index contributed by atoms with van der Waals surface area (Å²) in [5, 5.41) is 2.93. The van der Waals surface area contributed by atoms with Gasteiger partial charge in [-0.1, -0.05) is 19.4 Å². The Kier molecular flexibility index (Phi) is 7.04. The summed E-state index contributed by atoms with van der Waals surface area (Å²) >= 11 is 0. The molecular formula is C21H27N3O3. The number of aromatic nitrogens is 1. The molecule has 6 nitrogen and oxygen atoms in total. The van der Waals surface area contributed by atoms with E-state index in [0.717, 1.165) is 56.3 Å². The van der Waals surface area contributed by atoms with Crippen molar-refractivity contribution in [3.05, 3.63) is 53.7 Å². The van der Waals surface area contributed by atoms with E-state index in [1.165, 1.54) is 0 Å². The van der Waals surface area contributed by atoms with Crippen LogP contribution < -0.4 is 15.0 Å². The number of carbonyl (C=O) groups is 1. The predicted octanol–water partition coefficient (Wildman–Crippen LogP) is 3.03. The molecule has 27 heavy (non-hydrogen) atoms. The van der Waals surface area contributed by atoms with Gasteiger partial charge < -0.3 is 19.7 Å². The average Bonchev–Trinajstić information content (AvgIpc) is 2.74. The quantitative estimate of drug-likeness (QED) is 0.725. The third-order valence-corrected chi connectivity index (χ3v) is 4.48. The van der Waals surface area contributed by atoms with Crippen molar-refractivity contribution in [1.82, 2.24) is 10.3 Å². The SMILES string of the molecule is CCCCOc1ccc(C(=O)NCc2ccc(N3CCOCC3)nc2)cc1. The maximum absolute atomic E-state index is 12.3. The van der Waals surface area contributed by atoms with E-state index in [0.29, 0.717) is 18.7 Å². The summed E-state index contributed by atoms with van der Waals surface area (Å²) in [6.45, 7) is 6.48. The molecule has 1 fully saturated rings. The molecule has 1 N–H and O–H groups in total. The minimum atomic E-state index is -0.104. The topological polar surface area (TPSA) is 63.7 Å². The number of rotatable bonds is 8. The van der Waals surface area contributed by atoms with E-state index in [1.54, 1.807) is 12.1 Å². The van der Waals surface area contributed by atoms with Crippen LogP contribution >= 0.6 is 0 Å². The number of amides is 1. The molecular weight excluding hydrogens is 342 g/mol. The molecule has 1 saturated heterocycles. The number of unbranched alkanes of at least 4 members (excludes halogenated alkanes) is 1. The fourth-order valence-corrected chi connectivity index (χ4v) is 2.82. The smallest absolute Gasteiger partial charge is 0.251 e. The molecule has 2 aromatic rings. The number of morpholine rings is 1. The second-order valence-corrected chi connectivity index (χ2v) is 6.53. The standard InChI is InChI=1S/C21H27N3O3/c1-2-3-12-27-19-7-5-18(6-8-19)21(25)23-16-17-4-9-20(22-15-17)24-10-13-26-14-11-24/h4-9,15H,2-3,10-14,16H2,1H3,(H,23,25). The first-order valence-electron chi connectivity index (χ1n) is 9.55. The lowest BCUT2D eigenvalue weighted by Crippen LogP contribution is -2.36. The van der Waals surface area contributed by atoms with Crippen LogP contribution in [0.4, 0.5) is 5.82 Å². The summed E-state index contributed by atoms with van der Waals surface area (Å²) < 4.78 is 11.0. The van der Waals surface area contributed by atoms with Gasteiger partial charge in [-0.05, 0) is 42.3 Å². The van der Waals surface area contributed by atoms with Gasteiger partial charge in [-0.25, -0.2) is 4.98 Å². The third-order valence-electron chi connectivity index (χ3n) is 4.48. The van der Waals surface area contributed by atoms with Gasteiger partial charge in [0.05, 0.1) is 19.8 Å². The molecule has 144 valence electrons. The molecule has 0 bridgehead atoms. The highest BCUT2D eigenvalue weighted by Crippen LogP contribution is 2.14. The van der Waals surface area contributed by atoms with E-state index >= 15 is 0 Å². The number of hydrogen-bond donors (Lipinski definition) is 1. The predicted molar refractivity (Wildman–Crippen MR) is 105 cm³/mol. The van der Waals surface area contributed by atoms with Crippen molar-refractivity contribution in [2.24, 2.45) is 0 Å². The zero-order chi connectivity index (χ0) is 18.9. The number of anilines is 1. The molecule has 2 heterocycles. The van der Waals surface area contributed by atoms with Gasteiger partial charge in [-0.15, -0.1) is 0 Å². The van der Waals surface area contributed by atoms with Gasteiger partial charge in [0.25, 0.3) is 5.91 Å². The van der Waals surface area contributed by atoms with Crippen molar-refractivity contribution in [3.63, 3.8) is 0 Å². The van der Waals surface area contributed by atoms with E-state index < -0.39 is 0 Å². The maximum atomic E-state index is 12.3. The molecule has 6 heteroatoms. The van der Waals surface area contributed by atoms with Crippen LogP contribution in [0, 0.1) is 0 Å². The lowest BCUT2D eigenvalue weighted by molar-refractivity contribution is 0.0951. The monoisotopic (exact) mass is 369 g/mol. The zero-order valence-electron chi connectivity index (χ0n) is 15.8. The number of hydrogen-bond acceptors (Lipinski definition) is 5. The highest BCUT2D eigenvalue weighted by atomic mass is 16.5. The number of ether oxygens (including phenoxy) is 2. The Labute approximate surface area is 160 Å². The average molecular weight is 369 g/mol. The van der Waals surface area contributed by atoms with Crippen molar-refractivity contribution in [2.45, 2.75) is 26.3 Å². The fourth-order valence-electron chi connectivity index (χ4n) is 2.82. The molecule has 3 rings (SSSR count). The number of pyridine rings is 1. The third kappa shape index (κ3) is 5.69. The number of nitrogens with zero attached hydrogens (tertiary/aromatic N) is 2. The molecule has 0 atom stereocenters. The summed E-state index contributed by atoms with van der Waals surface area (Å²) in [6, 6.07) is 11.2. The highest BCUT2D eigenvalue weighted by molar-refractivity contribution is 5.94. The Bertz CT molecular complexity index is 710. The normalized spacial score (nSPS) is 14.0. The molecule has 0 aliphatic carbocycles. The van der Waals surface area contributed by atoms with E-state index in [4.69, 9.17) is 9.47 Å². The van der Waals surface area contributed by atoms with Gasteiger partial charge in [0.1, 0.15) is 11.6 Å². The summed E-state index contributed by atoms with van der Waals surface area (Å²) in [5.41, 5.74) is 1.59. The Morgan fingerprint density at radius 2 is 1.96 bits per heavy atom. The van der Waals surface area contributed by atoms with Gasteiger partial charge in [-0.2, -0.15) is 0 Å². The van der Waals surface area contributed by atoms with Gasteiger partial charge in [0.2, 0.25) is 0 Å². The number of carbonyl (C=O) groups excluding carboxylic acids is 1. The summed E-state index contributed by atoms with van der Waals surface area (Å²) in [7, 11) is 0. The zero-order valence-corrected chi connectivity index (χ0v) is 15.8. The van der Waals surface area contributed by atoms with Crippen molar-refractivity contribution in [3.8, 4) is 5.75 Å². The fraction of sp³-hybridized carbons (Fsp3) is 0.429. The van der Waals surface area contributed by atoms with Crippen molar-refractivity contribution >= 4 is 11.7 Å². The number of nitrogens with one attached hydrogen (secondary N) is 1. The Hall–Kier alpha value is -2.60. The summed E-state index contributed by atoms with van der Waals surface area (Å²) in [6.07, 6.45) is 3.94. The molecule has 1 aromatic carbocycles. The Morgan fingerprint density at radius 3 is 2.63 bits per heavy atom. The van der Waals surface area contributed by atoms with Crippen LogP contribution in [0.2, 0.25) is 0 Å². The van der Waals surface area contributed by atoms with E-state index in [-0.39, 0.29) is 5.91 Å². The molecule has 1 aromatic heterocycles. The van der Waals surface area contributed by atoms with Crippen LogP contribution in [0.3, 0.4) is 0 Å². The number of benzene rings is 1. The Morgan fingerprint density at radius 1 is 1.19 bits per heavy atom. The molecule has 1 amide bonds. The molecule has 0 radical (unpaired) electrons. The highest BCUT2D eigenvalue weighted by Gasteiger charge is 2.12. The van der Waals surface area contributed by atoms with Crippen LogP contribution in [0.5, 0.6) is 5.75 Å². The minimum Gasteiger partial charge on any atom is -0.494 e. The van der Waals surface area contributed by atoms with Crippen LogP contribution in [-0.4, -0.2) is 43.8 Å². The largest absolute Gasteiger partial charge is 0.494 e. The van der Waals surface area contributed by atoms with Crippen molar-refractivity contribution in [1.29, 1.82) is 0 Å². The second-order valence-electron chi connectivity index (χ2n) is 6.53. The Balaban J connectivity index is 1.48. The molecule has 0 unspecified atom stereocenters. The summed E-state index contributed by atoms with van der Waals surface area (Å²) in [4.78, 5) is 19.0. The molecule has 0 spiro atoms. The first kappa shape index (κ1) is 19.2. The lowest BCUT2D eigenvalue weighted by atomic mass is 10.2. The maximum Gasteiger partial charge on any atom is 0.251 e. The second kappa shape index (κ2) is 9.92.